The number of ether oxygens (including phenoxy) is 1. The third-order valence-corrected chi connectivity index (χ3v) is 3.14. The van der Waals surface area contributed by atoms with Gasteiger partial charge in [-0.05, 0) is 13.8 Å². The van der Waals surface area contributed by atoms with Crippen molar-refractivity contribution in [3.8, 4) is 0 Å². The molecule has 0 aromatic carbocycles. The molecule has 0 aliphatic carbocycles. The fraction of sp³-hybridized carbons (Fsp3) is 0.692. The average Bonchev–Trinajstić information content (AvgIpc) is 2.77. The van der Waals surface area contributed by atoms with E-state index < -0.39 is 12.2 Å². The summed E-state index contributed by atoms with van der Waals surface area (Å²) in [6, 6.07) is 1.82. The number of aliphatic hydroxyl groups is 2. The molecule has 0 radical (unpaired) electrons. The monoisotopic (exact) mass is 282 g/mol. The smallest absolute Gasteiger partial charge is 0.158 e. The van der Waals surface area contributed by atoms with Crippen LogP contribution >= 0.6 is 0 Å². The molecule has 1 aliphatic rings. The first-order valence-corrected chi connectivity index (χ1v) is 6.94. The number of nitrogens with zero attached hydrogens (tertiary/aromatic N) is 3. The molecule has 1 saturated heterocycles. The standard InChI is InChI=1S/C13H22N4O3/c1-3-14-11-5-13(16-12(15-11)8-20-4-2)17-6-9(18)10(19)7-17/h5,9-10,18-19H,3-4,6-8H2,1-2H3,(H,14,15,16). The molecule has 2 atom stereocenters. The Bertz CT molecular complexity index is 434. The van der Waals surface area contributed by atoms with E-state index in [0.29, 0.717) is 37.9 Å². The minimum absolute atomic E-state index is 0.349. The van der Waals surface area contributed by atoms with E-state index in [9.17, 15) is 10.2 Å². The van der Waals surface area contributed by atoms with Gasteiger partial charge in [-0.25, -0.2) is 9.97 Å². The van der Waals surface area contributed by atoms with Crippen molar-refractivity contribution < 1.29 is 14.9 Å². The molecule has 2 rings (SSSR count). The first-order chi connectivity index (χ1) is 9.63. The van der Waals surface area contributed by atoms with E-state index in [1.54, 1.807) is 0 Å². The summed E-state index contributed by atoms with van der Waals surface area (Å²) in [7, 11) is 0. The largest absolute Gasteiger partial charge is 0.389 e. The Labute approximate surface area is 118 Å². The maximum atomic E-state index is 9.64. The first kappa shape index (κ1) is 15.0. The summed E-state index contributed by atoms with van der Waals surface area (Å²) in [6.45, 7) is 6.37. The second kappa shape index (κ2) is 6.83. The molecule has 7 nitrogen and oxygen atoms in total. The van der Waals surface area contributed by atoms with Crippen LogP contribution in [0.4, 0.5) is 11.6 Å². The molecule has 1 aromatic rings. The van der Waals surface area contributed by atoms with Gasteiger partial charge < -0.3 is 25.2 Å². The highest BCUT2D eigenvalue weighted by Crippen LogP contribution is 2.21. The average molecular weight is 282 g/mol. The van der Waals surface area contributed by atoms with Crippen LogP contribution in [-0.4, -0.2) is 58.6 Å². The second-order valence-corrected chi connectivity index (χ2v) is 4.73. The lowest BCUT2D eigenvalue weighted by atomic mass is 10.3. The maximum absolute atomic E-state index is 9.64. The summed E-state index contributed by atoms with van der Waals surface area (Å²) in [4.78, 5) is 10.7. The molecule has 1 aromatic heterocycles. The Morgan fingerprint density at radius 1 is 1.30 bits per heavy atom. The summed E-state index contributed by atoms with van der Waals surface area (Å²) in [5.74, 6) is 2.01. The van der Waals surface area contributed by atoms with Crippen LogP contribution in [-0.2, 0) is 11.3 Å². The molecule has 112 valence electrons. The molecule has 2 unspecified atom stereocenters. The number of hydrogen-bond acceptors (Lipinski definition) is 7. The van der Waals surface area contributed by atoms with Crippen LogP contribution < -0.4 is 10.2 Å². The van der Waals surface area contributed by atoms with Gasteiger partial charge in [0, 0.05) is 32.3 Å². The molecule has 7 heteroatoms. The van der Waals surface area contributed by atoms with E-state index in [1.807, 2.05) is 24.8 Å². The van der Waals surface area contributed by atoms with E-state index in [0.717, 1.165) is 12.4 Å². The van der Waals surface area contributed by atoms with Crippen molar-refractivity contribution in [2.75, 3.05) is 36.5 Å². The molecule has 1 aliphatic heterocycles. The van der Waals surface area contributed by atoms with Gasteiger partial charge >= 0.3 is 0 Å². The Balaban J connectivity index is 2.20. The van der Waals surface area contributed by atoms with Gasteiger partial charge in [-0.2, -0.15) is 0 Å². The zero-order chi connectivity index (χ0) is 14.5. The van der Waals surface area contributed by atoms with Gasteiger partial charge in [0.2, 0.25) is 0 Å². The van der Waals surface area contributed by atoms with Gasteiger partial charge in [-0.15, -0.1) is 0 Å². The molecular formula is C13H22N4O3. The molecule has 3 N–H and O–H groups in total. The van der Waals surface area contributed by atoms with Crippen LogP contribution in [0, 0.1) is 0 Å². The van der Waals surface area contributed by atoms with Gasteiger partial charge in [0.1, 0.15) is 18.2 Å². The molecule has 0 saturated carbocycles. The van der Waals surface area contributed by atoms with E-state index >= 15 is 0 Å². The van der Waals surface area contributed by atoms with Crippen LogP contribution in [0.3, 0.4) is 0 Å². The third-order valence-electron chi connectivity index (χ3n) is 3.14. The normalized spacial score (nSPS) is 22.3. The summed E-state index contributed by atoms with van der Waals surface area (Å²) in [5, 5.41) is 22.4. The van der Waals surface area contributed by atoms with Crippen molar-refractivity contribution in [3.05, 3.63) is 11.9 Å². The quantitative estimate of drug-likeness (QED) is 0.676. The fourth-order valence-electron chi connectivity index (χ4n) is 2.13. The minimum atomic E-state index is -0.733. The molecule has 0 spiro atoms. The van der Waals surface area contributed by atoms with Gasteiger partial charge in [0.05, 0.1) is 12.2 Å². The number of aliphatic hydroxyl groups excluding tert-OH is 2. The van der Waals surface area contributed by atoms with Crippen molar-refractivity contribution in [2.45, 2.75) is 32.7 Å². The Morgan fingerprint density at radius 2 is 2.00 bits per heavy atom. The Morgan fingerprint density at radius 3 is 2.60 bits per heavy atom. The van der Waals surface area contributed by atoms with Gasteiger partial charge in [-0.1, -0.05) is 0 Å². The molecule has 2 heterocycles. The highest BCUT2D eigenvalue weighted by atomic mass is 16.5. The van der Waals surface area contributed by atoms with E-state index in [4.69, 9.17) is 4.74 Å². The molecule has 0 amide bonds. The summed E-state index contributed by atoms with van der Waals surface area (Å²) in [6.07, 6.45) is -1.47. The Hall–Kier alpha value is -1.44. The predicted molar refractivity (Wildman–Crippen MR) is 75.8 cm³/mol. The number of nitrogens with one attached hydrogen (secondary N) is 1. The van der Waals surface area contributed by atoms with Crippen LogP contribution in [0.15, 0.2) is 6.07 Å². The van der Waals surface area contributed by atoms with Gasteiger partial charge in [0.25, 0.3) is 0 Å². The molecule has 20 heavy (non-hydrogen) atoms. The highest BCUT2D eigenvalue weighted by molar-refractivity contribution is 5.50. The summed E-state index contributed by atoms with van der Waals surface area (Å²) in [5.41, 5.74) is 0. The van der Waals surface area contributed by atoms with Crippen molar-refractivity contribution in [2.24, 2.45) is 0 Å². The lowest BCUT2D eigenvalue weighted by Crippen LogP contribution is -2.23. The molecule has 0 bridgehead atoms. The van der Waals surface area contributed by atoms with Crippen molar-refractivity contribution >= 4 is 11.6 Å². The highest BCUT2D eigenvalue weighted by Gasteiger charge is 2.30. The summed E-state index contributed by atoms with van der Waals surface area (Å²) < 4.78 is 5.34. The Kier molecular flexibility index (Phi) is 5.11. The predicted octanol–water partition coefficient (Wildman–Crippen LogP) is -0.0133. The zero-order valence-electron chi connectivity index (χ0n) is 11.9. The summed E-state index contributed by atoms with van der Waals surface area (Å²) >= 11 is 0. The lowest BCUT2D eigenvalue weighted by Gasteiger charge is -2.18. The molecular weight excluding hydrogens is 260 g/mol. The van der Waals surface area contributed by atoms with Crippen LogP contribution in [0.2, 0.25) is 0 Å². The van der Waals surface area contributed by atoms with E-state index in [-0.39, 0.29) is 0 Å². The van der Waals surface area contributed by atoms with Crippen molar-refractivity contribution in [1.82, 2.24) is 9.97 Å². The SMILES string of the molecule is CCNc1cc(N2CC(O)C(O)C2)nc(COCC)n1. The number of hydrogen-bond donors (Lipinski definition) is 3. The van der Waals surface area contributed by atoms with Crippen molar-refractivity contribution in [1.29, 1.82) is 0 Å². The van der Waals surface area contributed by atoms with Crippen LogP contribution in [0.5, 0.6) is 0 Å². The van der Waals surface area contributed by atoms with Gasteiger partial charge in [0.15, 0.2) is 5.82 Å². The van der Waals surface area contributed by atoms with Crippen LogP contribution in [0.1, 0.15) is 19.7 Å². The minimum Gasteiger partial charge on any atom is -0.389 e. The maximum Gasteiger partial charge on any atom is 0.158 e. The topological polar surface area (TPSA) is 90.7 Å². The molecule has 1 fully saturated rings. The van der Waals surface area contributed by atoms with Crippen LogP contribution in [0.25, 0.3) is 0 Å². The van der Waals surface area contributed by atoms with E-state index in [1.165, 1.54) is 0 Å². The van der Waals surface area contributed by atoms with Gasteiger partial charge in [-0.3, -0.25) is 0 Å². The number of rotatable bonds is 6. The first-order valence-electron chi connectivity index (χ1n) is 6.94. The second-order valence-electron chi connectivity index (χ2n) is 4.73. The van der Waals surface area contributed by atoms with E-state index in [2.05, 4.69) is 15.3 Å². The van der Waals surface area contributed by atoms with Crippen molar-refractivity contribution in [3.63, 3.8) is 0 Å². The fourth-order valence-corrected chi connectivity index (χ4v) is 2.13. The zero-order valence-corrected chi connectivity index (χ0v) is 11.9. The third kappa shape index (κ3) is 3.56. The number of anilines is 2. The number of aromatic nitrogens is 2. The number of β-amino-alcohol motifs (C(OH)–C–C–N with tert-alkyl or cyclic N) is 2. The lowest BCUT2D eigenvalue weighted by molar-refractivity contribution is 0.0572.